The molecule has 1 N–H and O–H groups in total. The second-order valence-corrected chi connectivity index (χ2v) is 12.8. The summed E-state index contributed by atoms with van der Waals surface area (Å²) in [4.78, 5) is 18.0. The number of benzene rings is 2. The molecule has 1 aliphatic heterocycles. The van der Waals surface area contributed by atoms with Crippen LogP contribution in [0.1, 0.15) is 23.7 Å². The van der Waals surface area contributed by atoms with Crippen LogP contribution >= 0.6 is 18.7 Å². The number of hydrogen-bond donors (Lipinski definition) is 1. The van der Waals surface area contributed by atoms with Crippen LogP contribution in [0.2, 0.25) is 5.02 Å². The van der Waals surface area contributed by atoms with Gasteiger partial charge in [-0.2, -0.15) is 5.10 Å². The van der Waals surface area contributed by atoms with Gasteiger partial charge in [0.1, 0.15) is 18.8 Å². The third-order valence-corrected chi connectivity index (χ3v) is 10.0. The summed E-state index contributed by atoms with van der Waals surface area (Å²) in [5.74, 6) is -3.26. The molecule has 1 aliphatic rings. The van der Waals surface area contributed by atoms with Gasteiger partial charge in [-0.3, -0.25) is 4.79 Å². The van der Waals surface area contributed by atoms with Crippen molar-refractivity contribution >= 4 is 40.6 Å². The van der Waals surface area contributed by atoms with Crippen LogP contribution in [0.5, 0.6) is 0 Å². The first kappa shape index (κ1) is 25.5. The standard InChI is InChI=1S/C26H23ClF3N4O2P/c1-26(29,30)17-14-20(27)24(31-15-17)34-8-10-37(36,11-9-34)23-13-16(6-7-21(23)28)12-22-18-4-2-3-5-19(18)25(35)33-32-22/h2-7,13-15H,8-12H2,1H3,(H,33,35). The molecule has 0 unspecified atom stereocenters. The molecule has 0 atom stereocenters. The summed E-state index contributed by atoms with van der Waals surface area (Å²) in [6.07, 6.45) is 1.80. The summed E-state index contributed by atoms with van der Waals surface area (Å²) < 4.78 is 56.0. The Labute approximate surface area is 215 Å². The second kappa shape index (κ2) is 9.62. The average Bonchev–Trinajstić information content (AvgIpc) is 2.87. The first-order valence-electron chi connectivity index (χ1n) is 11.7. The van der Waals surface area contributed by atoms with Gasteiger partial charge in [0.2, 0.25) is 0 Å². The molecule has 4 aromatic rings. The molecule has 2 aromatic heterocycles. The zero-order valence-electron chi connectivity index (χ0n) is 19.8. The normalized spacial score (nSPS) is 15.8. The number of nitrogens with one attached hydrogen (secondary N) is 1. The van der Waals surface area contributed by atoms with E-state index in [1.165, 1.54) is 12.1 Å². The van der Waals surface area contributed by atoms with E-state index in [-0.39, 0.29) is 33.8 Å². The molecule has 0 bridgehead atoms. The number of alkyl halides is 2. The average molecular weight is 547 g/mol. The molecule has 0 radical (unpaired) electrons. The predicted molar refractivity (Wildman–Crippen MR) is 140 cm³/mol. The topological polar surface area (TPSA) is 79.0 Å². The van der Waals surface area contributed by atoms with Crippen LogP contribution in [0, 0.1) is 5.82 Å². The predicted octanol–water partition coefficient (Wildman–Crippen LogP) is 5.32. The molecule has 5 rings (SSSR count). The number of aromatic nitrogens is 3. The molecular formula is C26H23ClF3N4O2P. The number of halogens is 4. The Kier molecular flexibility index (Phi) is 6.62. The van der Waals surface area contributed by atoms with E-state index in [2.05, 4.69) is 15.2 Å². The van der Waals surface area contributed by atoms with Crippen LogP contribution in [0.4, 0.5) is 19.0 Å². The van der Waals surface area contributed by atoms with Crippen molar-refractivity contribution in [2.45, 2.75) is 19.3 Å². The molecule has 0 aliphatic carbocycles. The molecule has 0 spiro atoms. The van der Waals surface area contributed by atoms with Crippen molar-refractivity contribution in [3.05, 3.63) is 92.7 Å². The summed E-state index contributed by atoms with van der Waals surface area (Å²) in [7, 11) is -3.09. The van der Waals surface area contributed by atoms with Crippen molar-refractivity contribution in [2.75, 3.05) is 30.3 Å². The number of rotatable bonds is 5. The van der Waals surface area contributed by atoms with E-state index in [0.29, 0.717) is 41.8 Å². The smallest absolute Gasteiger partial charge is 0.272 e. The minimum atomic E-state index is -3.09. The number of fused-ring (bicyclic) bond motifs is 1. The SMILES string of the molecule is CC(F)(F)c1cnc(N2CCP(=O)(c3cc(Cc4n[nH]c(=O)c5ccccc45)ccc3F)CC2)c(Cl)c1. The van der Waals surface area contributed by atoms with E-state index in [0.717, 1.165) is 18.7 Å². The van der Waals surface area contributed by atoms with Crippen molar-refractivity contribution in [2.24, 2.45) is 0 Å². The fourth-order valence-electron chi connectivity index (χ4n) is 4.62. The molecule has 2 aromatic carbocycles. The third kappa shape index (κ3) is 5.03. The van der Waals surface area contributed by atoms with Gasteiger partial charge in [-0.1, -0.05) is 35.9 Å². The van der Waals surface area contributed by atoms with E-state index in [1.54, 1.807) is 29.2 Å². The van der Waals surface area contributed by atoms with E-state index in [9.17, 15) is 22.5 Å². The Hall–Kier alpha value is -3.16. The third-order valence-electron chi connectivity index (χ3n) is 6.69. The van der Waals surface area contributed by atoms with Crippen molar-refractivity contribution in [1.29, 1.82) is 0 Å². The zero-order chi connectivity index (χ0) is 26.4. The van der Waals surface area contributed by atoms with E-state index in [4.69, 9.17) is 11.6 Å². The van der Waals surface area contributed by atoms with Crippen LogP contribution in [-0.2, 0) is 16.9 Å². The molecule has 11 heteroatoms. The second-order valence-electron chi connectivity index (χ2n) is 9.25. The van der Waals surface area contributed by atoms with Crippen molar-refractivity contribution in [3.8, 4) is 0 Å². The Morgan fingerprint density at radius 1 is 1.11 bits per heavy atom. The molecule has 1 saturated heterocycles. The van der Waals surface area contributed by atoms with Crippen LogP contribution in [0.15, 0.2) is 59.5 Å². The lowest BCUT2D eigenvalue weighted by Crippen LogP contribution is -2.38. The van der Waals surface area contributed by atoms with Crippen LogP contribution in [0.3, 0.4) is 0 Å². The number of aromatic amines is 1. The number of nitrogens with zero attached hydrogens (tertiary/aromatic N) is 3. The minimum absolute atomic E-state index is 0.0876. The molecule has 37 heavy (non-hydrogen) atoms. The molecule has 0 saturated carbocycles. The van der Waals surface area contributed by atoms with Crippen molar-refractivity contribution in [1.82, 2.24) is 15.2 Å². The highest BCUT2D eigenvalue weighted by Crippen LogP contribution is 2.48. The number of hydrogen-bond acceptors (Lipinski definition) is 5. The van der Waals surface area contributed by atoms with Gasteiger partial charge < -0.3 is 9.46 Å². The van der Waals surface area contributed by atoms with Gasteiger partial charge in [0, 0.05) is 61.2 Å². The molecule has 6 nitrogen and oxygen atoms in total. The largest absolute Gasteiger partial charge is 0.354 e. The fraction of sp³-hybridized carbons (Fsp3) is 0.269. The molecule has 0 amide bonds. The Balaban J connectivity index is 1.38. The maximum Gasteiger partial charge on any atom is 0.272 e. The lowest BCUT2D eigenvalue weighted by molar-refractivity contribution is 0.0171. The van der Waals surface area contributed by atoms with Gasteiger partial charge in [0.15, 0.2) is 0 Å². The number of pyridine rings is 1. The van der Waals surface area contributed by atoms with Gasteiger partial charge in [-0.25, -0.2) is 23.3 Å². The van der Waals surface area contributed by atoms with Gasteiger partial charge in [0.05, 0.1) is 16.1 Å². The Bertz CT molecular complexity index is 1590. The van der Waals surface area contributed by atoms with Crippen LogP contribution < -0.4 is 15.8 Å². The van der Waals surface area contributed by atoms with E-state index in [1.807, 2.05) is 12.1 Å². The van der Waals surface area contributed by atoms with Gasteiger partial charge in [-0.05, 0) is 29.8 Å². The highest BCUT2D eigenvalue weighted by atomic mass is 35.5. The van der Waals surface area contributed by atoms with Crippen LogP contribution in [-0.4, -0.2) is 40.6 Å². The van der Waals surface area contributed by atoms with Crippen LogP contribution in [0.25, 0.3) is 10.8 Å². The summed E-state index contributed by atoms with van der Waals surface area (Å²) in [6, 6.07) is 12.9. The number of H-pyrrole nitrogens is 1. The van der Waals surface area contributed by atoms with Gasteiger partial charge in [-0.15, -0.1) is 0 Å². The fourth-order valence-corrected chi connectivity index (χ4v) is 7.61. The van der Waals surface area contributed by atoms with Gasteiger partial charge in [0.25, 0.3) is 11.5 Å². The molecule has 1 fully saturated rings. The molecule has 192 valence electrons. The van der Waals surface area contributed by atoms with E-state index < -0.39 is 18.9 Å². The van der Waals surface area contributed by atoms with E-state index >= 15 is 0 Å². The lowest BCUT2D eigenvalue weighted by atomic mass is 10.0. The maximum absolute atomic E-state index is 14.9. The minimum Gasteiger partial charge on any atom is -0.354 e. The van der Waals surface area contributed by atoms with Gasteiger partial charge >= 0.3 is 0 Å². The summed E-state index contributed by atoms with van der Waals surface area (Å²) >= 11 is 6.24. The van der Waals surface area contributed by atoms with Crippen molar-refractivity contribution in [3.63, 3.8) is 0 Å². The monoisotopic (exact) mass is 546 g/mol. The quantitative estimate of drug-likeness (QED) is 0.343. The summed E-state index contributed by atoms with van der Waals surface area (Å²) in [5, 5.41) is 8.16. The maximum atomic E-state index is 14.9. The highest BCUT2D eigenvalue weighted by Gasteiger charge is 2.34. The Morgan fingerprint density at radius 2 is 1.81 bits per heavy atom. The Morgan fingerprint density at radius 3 is 2.49 bits per heavy atom. The summed E-state index contributed by atoms with van der Waals surface area (Å²) in [6.45, 7) is 1.36. The molecular weight excluding hydrogens is 524 g/mol. The zero-order valence-corrected chi connectivity index (χ0v) is 21.5. The number of anilines is 1. The van der Waals surface area contributed by atoms with Crippen molar-refractivity contribution < 1.29 is 17.7 Å². The highest BCUT2D eigenvalue weighted by molar-refractivity contribution is 7.71. The lowest BCUT2D eigenvalue weighted by Gasteiger charge is -2.34. The molecule has 3 heterocycles. The first-order chi connectivity index (χ1) is 17.5. The summed E-state index contributed by atoms with van der Waals surface area (Å²) in [5.41, 5.74) is 0.776. The first-order valence-corrected chi connectivity index (χ1v) is 14.1.